The molecule has 0 spiro atoms. The second kappa shape index (κ2) is 2.21. The molecule has 52 valence electrons. The number of cyclic esters (lactones) is 1. The molecular weight excluding hydrogens is 125 g/mol. The highest BCUT2D eigenvalue weighted by Gasteiger charge is 2.26. The Kier molecular flexibility index (Phi) is 1.55. The van der Waals surface area contributed by atoms with Gasteiger partial charge in [0.2, 0.25) is 0 Å². The summed E-state index contributed by atoms with van der Waals surface area (Å²) in [4.78, 5) is 10.3. The molecule has 1 saturated heterocycles. The molecule has 0 aliphatic carbocycles. The van der Waals surface area contributed by atoms with E-state index in [1.807, 2.05) is 0 Å². The van der Waals surface area contributed by atoms with Crippen molar-refractivity contribution >= 4 is 6.09 Å². The molecule has 0 saturated carbocycles. The maximum atomic E-state index is 12.3. The van der Waals surface area contributed by atoms with Gasteiger partial charge in [-0.3, -0.25) is 0 Å². The minimum atomic E-state index is -1.03. The van der Waals surface area contributed by atoms with Crippen molar-refractivity contribution < 1.29 is 13.9 Å². The SMILES string of the molecule is C[C@H](F)C1COC(=O)N1. The van der Waals surface area contributed by atoms with Crippen LogP contribution >= 0.6 is 0 Å². The molecule has 1 unspecified atom stereocenters. The maximum absolute atomic E-state index is 12.3. The highest BCUT2D eigenvalue weighted by Crippen LogP contribution is 2.04. The zero-order valence-electron chi connectivity index (χ0n) is 5.06. The van der Waals surface area contributed by atoms with E-state index in [9.17, 15) is 9.18 Å². The van der Waals surface area contributed by atoms with Gasteiger partial charge in [-0.2, -0.15) is 0 Å². The van der Waals surface area contributed by atoms with Gasteiger partial charge in [0.25, 0.3) is 0 Å². The molecular formula is C5H8FNO2. The highest BCUT2D eigenvalue weighted by atomic mass is 19.1. The molecule has 1 fully saturated rings. The second-order valence-electron chi connectivity index (χ2n) is 2.03. The fraction of sp³-hybridized carbons (Fsp3) is 0.800. The van der Waals surface area contributed by atoms with Gasteiger partial charge in [0.1, 0.15) is 12.8 Å². The van der Waals surface area contributed by atoms with Gasteiger partial charge in [-0.15, -0.1) is 0 Å². The van der Waals surface area contributed by atoms with Gasteiger partial charge in [0, 0.05) is 0 Å². The number of ether oxygens (including phenoxy) is 1. The number of nitrogens with one attached hydrogen (secondary N) is 1. The zero-order chi connectivity index (χ0) is 6.85. The molecule has 1 aliphatic rings. The molecule has 9 heavy (non-hydrogen) atoms. The Balaban J connectivity index is 2.39. The van der Waals surface area contributed by atoms with Crippen LogP contribution in [-0.4, -0.2) is 24.9 Å². The summed E-state index contributed by atoms with van der Waals surface area (Å²) in [6.07, 6.45) is -1.55. The fourth-order valence-corrected chi connectivity index (χ4v) is 0.648. The van der Waals surface area contributed by atoms with E-state index < -0.39 is 18.3 Å². The first kappa shape index (κ1) is 6.32. The minimum absolute atomic E-state index is 0.149. The Labute approximate surface area is 52.2 Å². The fourth-order valence-electron chi connectivity index (χ4n) is 0.648. The van der Waals surface area contributed by atoms with Gasteiger partial charge >= 0.3 is 6.09 Å². The van der Waals surface area contributed by atoms with Crippen molar-refractivity contribution in [2.24, 2.45) is 0 Å². The summed E-state index contributed by atoms with van der Waals surface area (Å²) in [6.45, 7) is 1.54. The molecule has 3 nitrogen and oxygen atoms in total. The highest BCUT2D eigenvalue weighted by molar-refractivity contribution is 5.69. The lowest BCUT2D eigenvalue weighted by molar-refractivity contribution is 0.173. The molecule has 1 heterocycles. The van der Waals surface area contributed by atoms with E-state index in [0.717, 1.165) is 0 Å². The van der Waals surface area contributed by atoms with Gasteiger partial charge in [-0.05, 0) is 6.92 Å². The van der Waals surface area contributed by atoms with Crippen LogP contribution in [0.15, 0.2) is 0 Å². The molecule has 0 bridgehead atoms. The van der Waals surface area contributed by atoms with E-state index in [4.69, 9.17) is 0 Å². The van der Waals surface area contributed by atoms with Crippen LogP contribution in [0.1, 0.15) is 6.92 Å². The Bertz CT molecular complexity index is 126. The molecule has 0 aromatic heterocycles. The summed E-state index contributed by atoms with van der Waals surface area (Å²) in [5, 5.41) is 2.32. The van der Waals surface area contributed by atoms with Gasteiger partial charge in [-0.1, -0.05) is 0 Å². The van der Waals surface area contributed by atoms with Gasteiger partial charge in [0.05, 0.1) is 6.04 Å². The average molecular weight is 133 g/mol. The minimum Gasteiger partial charge on any atom is -0.447 e. The summed E-state index contributed by atoms with van der Waals surface area (Å²) < 4.78 is 16.7. The predicted octanol–water partition coefficient (Wildman–Crippen LogP) is 0.453. The molecule has 4 heteroatoms. The number of alkyl halides is 1. The first-order valence-electron chi connectivity index (χ1n) is 2.77. The number of carbonyl (C=O) groups is 1. The van der Waals surface area contributed by atoms with Gasteiger partial charge < -0.3 is 10.1 Å². The van der Waals surface area contributed by atoms with Crippen molar-refractivity contribution in [3.63, 3.8) is 0 Å². The number of halogens is 1. The predicted molar refractivity (Wildman–Crippen MR) is 28.8 cm³/mol. The average Bonchev–Trinajstić information content (AvgIpc) is 2.14. The molecule has 2 atom stereocenters. The maximum Gasteiger partial charge on any atom is 0.407 e. The van der Waals surface area contributed by atoms with E-state index in [2.05, 4.69) is 10.1 Å². The quantitative estimate of drug-likeness (QED) is 0.564. The molecule has 0 aromatic carbocycles. The van der Waals surface area contributed by atoms with Crippen molar-refractivity contribution in [2.75, 3.05) is 6.61 Å². The topological polar surface area (TPSA) is 38.3 Å². The summed E-state index contributed by atoms with van der Waals surface area (Å²) in [5.41, 5.74) is 0. The van der Waals surface area contributed by atoms with Crippen LogP contribution in [0.25, 0.3) is 0 Å². The van der Waals surface area contributed by atoms with Gasteiger partial charge in [0.15, 0.2) is 0 Å². The number of rotatable bonds is 1. The number of hydrogen-bond donors (Lipinski definition) is 1. The Morgan fingerprint density at radius 3 is 2.89 bits per heavy atom. The number of carbonyl (C=O) groups excluding carboxylic acids is 1. The molecule has 1 N–H and O–H groups in total. The smallest absolute Gasteiger partial charge is 0.407 e. The van der Waals surface area contributed by atoms with Crippen LogP contribution in [0.3, 0.4) is 0 Å². The number of alkyl carbamates (subject to hydrolysis) is 1. The molecule has 0 aromatic rings. The standard InChI is InChI=1S/C5H8FNO2/c1-3(6)4-2-9-5(8)7-4/h3-4H,2H2,1H3,(H,7,8)/t3-,4?/m0/s1. The third-order valence-corrected chi connectivity index (χ3v) is 1.25. The van der Waals surface area contributed by atoms with E-state index in [1.54, 1.807) is 0 Å². The number of hydrogen-bond acceptors (Lipinski definition) is 2. The van der Waals surface area contributed by atoms with Crippen LogP contribution in [0.5, 0.6) is 0 Å². The van der Waals surface area contributed by atoms with Crippen LogP contribution in [0.2, 0.25) is 0 Å². The summed E-state index contributed by atoms with van der Waals surface area (Å²) in [7, 11) is 0. The van der Waals surface area contributed by atoms with Crippen molar-refractivity contribution in [2.45, 2.75) is 19.1 Å². The lowest BCUT2D eigenvalue weighted by Crippen LogP contribution is -2.33. The third kappa shape index (κ3) is 1.31. The van der Waals surface area contributed by atoms with Crippen LogP contribution in [-0.2, 0) is 4.74 Å². The van der Waals surface area contributed by atoms with Crippen LogP contribution in [0, 0.1) is 0 Å². The zero-order valence-corrected chi connectivity index (χ0v) is 5.06. The van der Waals surface area contributed by atoms with E-state index in [0.29, 0.717) is 0 Å². The van der Waals surface area contributed by atoms with Gasteiger partial charge in [-0.25, -0.2) is 9.18 Å². The van der Waals surface area contributed by atoms with Crippen molar-refractivity contribution in [1.82, 2.24) is 5.32 Å². The summed E-state index contributed by atoms with van der Waals surface area (Å²) in [6, 6.07) is -0.447. The molecule has 1 rings (SSSR count). The first-order chi connectivity index (χ1) is 4.20. The number of amides is 1. The molecule has 1 aliphatic heterocycles. The normalized spacial score (nSPS) is 29.1. The summed E-state index contributed by atoms with van der Waals surface area (Å²) >= 11 is 0. The Morgan fingerprint density at radius 2 is 2.67 bits per heavy atom. The lowest BCUT2D eigenvalue weighted by Gasteiger charge is -2.05. The summed E-state index contributed by atoms with van der Waals surface area (Å²) in [5.74, 6) is 0. The third-order valence-electron chi connectivity index (χ3n) is 1.25. The van der Waals surface area contributed by atoms with Crippen molar-refractivity contribution in [3.05, 3.63) is 0 Å². The Hall–Kier alpha value is -0.800. The monoisotopic (exact) mass is 133 g/mol. The van der Waals surface area contributed by atoms with E-state index in [1.165, 1.54) is 6.92 Å². The van der Waals surface area contributed by atoms with Crippen molar-refractivity contribution in [3.8, 4) is 0 Å². The second-order valence-corrected chi connectivity index (χ2v) is 2.03. The Morgan fingerprint density at radius 1 is 2.00 bits per heavy atom. The molecule has 1 amide bonds. The van der Waals surface area contributed by atoms with E-state index in [-0.39, 0.29) is 6.61 Å². The largest absolute Gasteiger partial charge is 0.447 e. The first-order valence-corrected chi connectivity index (χ1v) is 2.77. The van der Waals surface area contributed by atoms with E-state index >= 15 is 0 Å². The lowest BCUT2D eigenvalue weighted by atomic mass is 10.2. The van der Waals surface area contributed by atoms with Crippen LogP contribution < -0.4 is 5.32 Å². The van der Waals surface area contributed by atoms with Crippen molar-refractivity contribution in [1.29, 1.82) is 0 Å². The molecule has 0 radical (unpaired) electrons. The van der Waals surface area contributed by atoms with Crippen LogP contribution in [0.4, 0.5) is 9.18 Å².